The number of thiocarbonyl (C=S) groups is 1. The minimum Gasteiger partial charge on any atom is -0.465 e. The molecule has 0 atom stereocenters. The SMILES string of the molecule is COC(=O)c1sc(NC(=S)Nc2ncn(Cc3cccc(F)c3)n2)c(C(=O)OC)c1C. The van der Waals surface area contributed by atoms with E-state index in [2.05, 4.69) is 20.7 Å². The first kappa shape index (κ1) is 22.3. The van der Waals surface area contributed by atoms with E-state index in [-0.39, 0.29) is 27.3 Å². The predicted molar refractivity (Wildman–Crippen MR) is 117 cm³/mol. The van der Waals surface area contributed by atoms with Crippen LogP contribution >= 0.6 is 23.6 Å². The molecule has 0 aliphatic heterocycles. The van der Waals surface area contributed by atoms with Gasteiger partial charge in [-0.25, -0.2) is 23.6 Å². The Balaban J connectivity index is 1.73. The number of nitrogens with zero attached hydrogens (tertiary/aromatic N) is 3. The Bertz CT molecular complexity index is 1140. The zero-order chi connectivity index (χ0) is 22.5. The zero-order valence-electron chi connectivity index (χ0n) is 16.8. The van der Waals surface area contributed by atoms with Gasteiger partial charge in [0.25, 0.3) is 0 Å². The van der Waals surface area contributed by atoms with Gasteiger partial charge >= 0.3 is 11.9 Å². The van der Waals surface area contributed by atoms with Crippen LogP contribution in [0.5, 0.6) is 0 Å². The number of benzene rings is 1. The minimum atomic E-state index is -0.619. The molecule has 3 rings (SSSR count). The summed E-state index contributed by atoms with van der Waals surface area (Å²) in [5, 5.41) is 10.3. The summed E-state index contributed by atoms with van der Waals surface area (Å²) in [7, 11) is 2.50. The number of anilines is 2. The third-order valence-corrected chi connectivity index (χ3v) is 5.52. The number of aromatic nitrogens is 3. The van der Waals surface area contributed by atoms with E-state index in [1.165, 1.54) is 37.4 Å². The lowest BCUT2D eigenvalue weighted by Crippen LogP contribution is -2.21. The lowest BCUT2D eigenvalue weighted by atomic mass is 10.1. The number of carbonyl (C=O) groups excluding carboxylic acids is 2. The first-order chi connectivity index (χ1) is 14.8. The fraction of sp³-hybridized carbons (Fsp3) is 0.211. The van der Waals surface area contributed by atoms with Gasteiger partial charge in [0.15, 0.2) is 5.11 Å². The molecule has 0 unspecified atom stereocenters. The molecule has 31 heavy (non-hydrogen) atoms. The molecular weight excluding hydrogens is 445 g/mol. The summed E-state index contributed by atoms with van der Waals surface area (Å²) in [6, 6.07) is 6.16. The maximum atomic E-state index is 13.3. The molecule has 2 aromatic heterocycles. The average molecular weight is 464 g/mol. The molecule has 2 heterocycles. The van der Waals surface area contributed by atoms with Crippen LogP contribution in [-0.2, 0) is 16.0 Å². The molecule has 0 bridgehead atoms. The number of hydrogen-bond donors (Lipinski definition) is 2. The molecule has 3 aromatic rings. The van der Waals surface area contributed by atoms with Crippen molar-refractivity contribution in [3.8, 4) is 0 Å². The minimum absolute atomic E-state index is 0.103. The molecule has 0 radical (unpaired) electrons. The summed E-state index contributed by atoms with van der Waals surface area (Å²) in [5.74, 6) is -1.32. The van der Waals surface area contributed by atoms with E-state index in [9.17, 15) is 14.0 Å². The highest BCUT2D eigenvalue weighted by Crippen LogP contribution is 2.34. The van der Waals surface area contributed by atoms with Crippen molar-refractivity contribution >= 4 is 51.6 Å². The van der Waals surface area contributed by atoms with Gasteiger partial charge in [-0.05, 0) is 42.4 Å². The van der Waals surface area contributed by atoms with Gasteiger partial charge in [-0.1, -0.05) is 12.1 Å². The van der Waals surface area contributed by atoms with Gasteiger partial charge in [0.2, 0.25) is 5.95 Å². The maximum Gasteiger partial charge on any atom is 0.348 e. The normalized spacial score (nSPS) is 10.5. The average Bonchev–Trinajstić information content (AvgIpc) is 3.30. The third kappa shape index (κ3) is 5.22. The van der Waals surface area contributed by atoms with Crippen LogP contribution in [0.25, 0.3) is 0 Å². The molecule has 12 heteroatoms. The van der Waals surface area contributed by atoms with Crippen molar-refractivity contribution in [2.24, 2.45) is 0 Å². The summed E-state index contributed by atoms with van der Waals surface area (Å²) < 4.78 is 24.4. The van der Waals surface area contributed by atoms with Gasteiger partial charge < -0.3 is 14.8 Å². The number of rotatable bonds is 6. The number of esters is 2. The molecule has 0 spiro atoms. The quantitative estimate of drug-likeness (QED) is 0.421. The molecule has 2 N–H and O–H groups in total. The number of ether oxygens (including phenoxy) is 2. The molecular formula is C19H18FN5O4S2. The highest BCUT2D eigenvalue weighted by molar-refractivity contribution is 7.80. The Kier molecular flexibility index (Phi) is 6.92. The predicted octanol–water partition coefficient (Wildman–Crippen LogP) is 3.22. The maximum absolute atomic E-state index is 13.3. The van der Waals surface area contributed by atoms with Gasteiger partial charge in [0, 0.05) is 0 Å². The Morgan fingerprint density at radius 1 is 1.23 bits per heavy atom. The van der Waals surface area contributed by atoms with Crippen molar-refractivity contribution in [1.29, 1.82) is 0 Å². The van der Waals surface area contributed by atoms with Crippen LogP contribution < -0.4 is 10.6 Å². The van der Waals surface area contributed by atoms with Crippen LogP contribution in [0.2, 0.25) is 0 Å². The molecule has 0 aliphatic carbocycles. The van der Waals surface area contributed by atoms with Gasteiger partial charge in [0.05, 0.1) is 26.3 Å². The Morgan fingerprint density at radius 3 is 2.65 bits per heavy atom. The van der Waals surface area contributed by atoms with Gasteiger partial charge in [-0.15, -0.1) is 16.4 Å². The fourth-order valence-electron chi connectivity index (χ4n) is 2.72. The van der Waals surface area contributed by atoms with Gasteiger partial charge in [0.1, 0.15) is 22.0 Å². The standard InChI is InChI=1S/C19H18FN5O4S2/c1-10-13(16(26)28-2)15(31-14(10)17(27)29-3)22-19(30)23-18-21-9-25(24-18)8-11-5-4-6-12(20)7-11/h4-7,9H,8H2,1-3H3,(H2,22,23,24,30). The molecule has 9 nitrogen and oxygen atoms in total. The molecule has 1 aromatic carbocycles. The smallest absolute Gasteiger partial charge is 0.348 e. The monoisotopic (exact) mass is 463 g/mol. The Hall–Kier alpha value is -3.38. The third-order valence-electron chi connectivity index (χ3n) is 4.13. The molecule has 0 amide bonds. The van der Waals surface area contributed by atoms with Crippen LogP contribution in [0.15, 0.2) is 30.6 Å². The topological polar surface area (TPSA) is 107 Å². The summed E-state index contributed by atoms with van der Waals surface area (Å²) in [6.07, 6.45) is 1.47. The number of halogens is 1. The summed E-state index contributed by atoms with van der Waals surface area (Å²) in [4.78, 5) is 28.5. The first-order valence-corrected chi connectivity index (χ1v) is 10.1. The molecule has 0 saturated carbocycles. The second-order valence-corrected chi connectivity index (χ2v) is 7.65. The van der Waals surface area contributed by atoms with Crippen molar-refractivity contribution < 1.29 is 23.5 Å². The highest BCUT2D eigenvalue weighted by atomic mass is 32.1. The molecule has 0 fully saturated rings. The van der Waals surface area contributed by atoms with Crippen LogP contribution in [0.3, 0.4) is 0 Å². The first-order valence-electron chi connectivity index (χ1n) is 8.84. The van der Waals surface area contributed by atoms with E-state index < -0.39 is 11.9 Å². The number of hydrogen-bond acceptors (Lipinski definition) is 8. The van der Waals surface area contributed by atoms with Crippen LogP contribution in [0.4, 0.5) is 15.3 Å². The van der Waals surface area contributed by atoms with Gasteiger partial charge in [-0.3, -0.25) is 5.32 Å². The molecule has 0 aliphatic rings. The van der Waals surface area contributed by atoms with E-state index in [0.717, 1.165) is 16.9 Å². The fourth-order valence-corrected chi connectivity index (χ4v) is 4.10. The molecule has 162 valence electrons. The van der Waals surface area contributed by atoms with Crippen molar-refractivity contribution in [2.45, 2.75) is 13.5 Å². The van der Waals surface area contributed by atoms with Crippen molar-refractivity contribution in [3.05, 3.63) is 58.0 Å². The van der Waals surface area contributed by atoms with Crippen molar-refractivity contribution in [2.75, 3.05) is 24.9 Å². The van der Waals surface area contributed by atoms with E-state index in [0.29, 0.717) is 17.1 Å². The van der Waals surface area contributed by atoms with E-state index in [4.69, 9.17) is 21.7 Å². The van der Waals surface area contributed by atoms with Crippen LogP contribution in [0, 0.1) is 12.7 Å². The largest absolute Gasteiger partial charge is 0.465 e. The van der Waals surface area contributed by atoms with E-state index >= 15 is 0 Å². The van der Waals surface area contributed by atoms with E-state index in [1.54, 1.807) is 19.1 Å². The van der Waals surface area contributed by atoms with Crippen molar-refractivity contribution in [3.63, 3.8) is 0 Å². The Labute approximate surface area is 186 Å². The highest BCUT2D eigenvalue weighted by Gasteiger charge is 2.26. The molecule has 0 saturated heterocycles. The number of methoxy groups -OCH3 is 2. The lowest BCUT2D eigenvalue weighted by Gasteiger charge is -2.08. The number of carbonyl (C=O) groups is 2. The van der Waals surface area contributed by atoms with E-state index in [1.807, 2.05) is 0 Å². The summed E-state index contributed by atoms with van der Waals surface area (Å²) in [5.41, 5.74) is 1.33. The summed E-state index contributed by atoms with van der Waals surface area (Å²) >= 11 is 6.29. The van der Waals surface area contributed by atoms with Crippen molar-refractivity contribution in [1.82, 2.24) is 14.8 Å². The number of thiophene rings is 1. The van der Waals surface area contributed by atoms with Crippen LogP contribution in [-0.4, -0.2) is 46.0 Å². The summed E-state index contributed by atoms with van der Waals surface area (Å²) in [6.45, 7) is 1.94. The number of nitrogens with one attached hydrogen (secondary N) is 2. The van der Waals surface area contributed by atoms with Crippen LogP contribution in [0.1, 0.15) is 31.2 Å². The second kappa shape index (κ2) is 9.62. The van der Waals surface area contributed by atoms with Gasteiger partial charge in [-0.2, -0.15) is 0 Å². The zero-order valence-corrected chi connectivity index (χ0v) is 18.4. The second-order valence-electron chi connectivity index (χ2n) is 6.22. The Morgan fingerprint density at radius 2 is 1.97 bits per heavy atom. The lowest BCUT2D eigenvalue weighted by molar-refractivity contribution is 0.0601.